The summed E-state index contributed by atoms with van der Waals surface area (Å²) < 4.78 is 0. The highest BCUT2D eigenvalue weighted by Gasteiger charge is 2.30. The normalized spacial score (nSPS) is 21.5. The molecule has 0 aromatic rings. The zero-order valence-electron chi connectivity index (χ0n) is 7.99. The molecule has 0 aromatic carbocycles. The highest BCUT2D eigenvalue weighted by Crippen LogP contribution is 2.20. The second-order valence-corrected chi connectivity index (χ2v) is 3.23. The molecule has 1 N–H and O–H groups in total. The number of oxime groups is 1. The van der Waals surface area contributed by atoms with Crippen molar-refractivity contribution >= 4 is 11.7 Å². The molecule has 0 aromatic heterocycles. The maximum absolute atomic E-state index is 10.5. The monoisotopic (exact) mass is 185 g/mol. The van der Waals surface area contributed by atoms with Gasteiger partial charge in [0.15, 0.2) is 0 Å². The van der Waals surface area contributed by atoms with E-state index in [9.17, 15) is 4.79 Å². The van der Waals surface area contributed by atoms with Gasteiger partial charge in [0.2, 0.25) is 6.10 Å². The van der Waals surface area contributed by atoms with Crippen LogP contribution in [0.2, 0.25) is 0 Å². The van der Waals surface area contributed by atoms with E-state index in [2.05, 4.69) is 19.0 Å². The molecule has 4 nitrogen and oxygen atoms in total. The molecular formula is C9H15NO3. The van der Waals surface area contributed by atoms with Crippen LogP contribution in [-0.2, 0) is 9.63 Å². The van der Waals surface area contributed by atoms with Gasteiger partial charge in [0.25, 0.3) is 0 Å². The molecule has 1 unspecified atom stereocenters. The van der Waals surface area contributed by atoms with Crippen molar-refractivity contribution in [3.8, 4) is 0 Å². The molecule has 0 bridgehead atoms. The minimum Gasteiger partial charge on any atom is -0.478 e. The van der Waals surface area contributed by atoms with Crippen molar-refractivity contribution in [2.45, 2.75) is 39.2 Å². The second-order valence-electron chi connectivity index (χ2n) is 3.23. The fourth-order valence-electron chi connectivity index (χ4n) is 1.53. The molecule has 4 heteroatoms. The van der Waals surface area contributed by atoms with Gasteiger partial charge in [-0.25, -0.2) is 4.79 Å². The molecule has 13 heavy (non-hydrogen) atoms. The lowest BCUT2D eigenvalue weighted by Gasteiger charge is -2.09. The van der Waals surface area contributed by atoms with Crippen molar-refractivity contribution in [1.29, 1.82) is 0 Å². The molecule has 1 heterocycles. The van der Waals surface area contributed by atoms with E-state index in [4.69, 9.17) is 9.94 Å². The van der Waals surface area contributed by atoms with Gasteiger partial charge in [-0.15, -0.1) is 0 Å². The highest BCUT2D eigenvalue weighted by molar-refractivity contribution is 5.92. The Hall–Kier alpha value is -1.06. The number of nitrogens with zero attached hydrogens (tertiary/aromatic N) is 1. The van der Waals surface area contributed by atoms with Gasteiger partial charge in [-0.3, -0.25) is 0 Å². The molecule has 74 valence electrons. The van der Waals surface area contributed by atoms with Crippen LogP contribution >= 0.6 is 0 Å². The Balaban J connectivity index is 2.51. The summed E-state index contributed by atoms with van der Waals surface area (Å²) in [5, 5.41) is 12.5. The van der Waals surface area contributed by atoms with Crippen LogP contribution in [0, 0.1) is 5.92 Å². The van der Waals surface area contributed by atoms with Gasteiger partial charge in [-0.2, -0.15) is 0 Å². The van der Waals surface area contributed by atoms with Crippen LogP contribution in [-0.4, -0.2) is 22.9 Å². The van der Waals surface area contributed by atoms with Gasteiger partial charge in [-0.1, -0.05) is 19.0 Å². The first kappa shape index (κ1) is 10.0. The number of carbonyl (C=O) groups is 1. The van der Waals surface area contributed by atoms with Crippen molar-refractivity contribution < 1.29 is 14.7 Å². The van der Waals surface area contributed by atoms with Gasteiger partial charge in [-0.05, 0) is 12.8 Å². The third-order valence-electron chi connectivity index (χ3n) is 2.42. The molecule has 0 spiro atoms. The summed E-state index contributed by atoms with van der Waals surface area (Å²) in [5.41, 5.74) is 0.900. The molecule has 1 aliphatic heterocycles. The van der Waals surface area contributed by atoms with Crippen molar-refractivity contribution in [3.63, 3.8) is 0 Å². The molecule has 0 fully saturated rings. The number of carboxylic acid groups (broad SMARTS) is 1. The van der Waals surface area contributed by atoms with Gasteiger partial charge in [0, 0.05) is 12.3 Å². The van der Waals surface area contributed by atoms with Crippen LogP contribution in [0.4, 0.5) is 0 Å². The first-order chi connectivity index (χ1) is 6.19. The molecular weight excluding hydrogens is 170 g/mol. The Kier molecular flexibility index (Phi) is 3.28. The predicted octanol–water partition coefficient (Wildman–Crippen LogP) is 1.65. The largest absolute Gasteiger partial charge is 0.478 e. The molecule has 0 amide bonds. The minimum absolute atomic E-state index is 0.379. The van der Waals surface area contributed by atoms with Crippen LogP contribution in [0.25, 0.3) is 0 Å². The van der Waals surface area contributed by atoms with Crippen LogP contribution in [0.1, 0.15) is 33.1 Å². The SMILES string of the molecule is CCC(CC)C1=NOC(C(=O)O)C1. The molecule has 1 rings (SSSR count). The summed E-state index contributed by atoms with van der Waals surface area (Å²) in [6.45, 7) is 4.15. The minimum atomic E-state index is -0.926. The van der Waals surface area contributed by atoms with Crippen molar-refractivity contribution in [2.75, 3.05) is 0 Å². The standard InChI is InChI=1S/C9H15NO3/c1-3-6(4-2)7-5-8(9(11)12)13-10-7/h6,8H,3-5H2,1-2H3,(H,11,12). The molecule has 1 aliphatic rings. The summed E-state index contributed by atoms with van der Waals surface area (Å²) in [6.07, 6.45) is 1.67. The Labute approximate surface area is 77.6 Å². The first-order valence-electron chi connectivity index (χ1n) is 4.64. The third kappa shape index (κ3) is 2.20. The average molecular weight is 185 g/mol. The topological polar surface area (TPSA) is 58.9 Å². The lowest BCUT2D eigenvalue weighted by molar-refractivity contribution is -0.148. The fraction of sp³-hybridized carbons (Fsp3) is 0.778. The lowest BCUT2D eigenvalue weighted by atomic mass is 9.94. The van der Waals surface area contributed by atoms with E-state index in [1.165, 1.54) is 0 Å². The Morgan fingerprint density at radius 2 is 2.31 bits per heavy atom. The van der Waals surface area contributed by atoms with E-state index in [0.29, 0.717) is 12.3 Å². The zero-order chi connectivity index (χ0) is 9.84. The second kappa shape index (κ2) is 4.25. The van der Waals surface area contributed by atoms with Gasteiger partial charge >= 0.3 is 5.97 Å². The van der Waals surface area contributed by atoms with Crippen LogP contribution in [0.15, 0.2) is 5.16 Å². The summed E-state index contributed by atoms with van der Waals surface area (Å²) in [5.74, 6) is -0.547. The van der Waals surface area contributed by atoms with E-state index >= 15 is 0 Å². The summed E-state index contributed by atoms with van der Waals surface area (Å²) in [7, 11) is 0. The van der Waals surface area contributed by atoms with Gasteiger partial charge in [0.05, 0.1) is 5.71 Å². The highest BCUT2D eigenvalue weighted by atomic mass is 16.7. The van der Waals surface area contributed by atoms with Crippen molar-refractivity contribution in [1.82, 2.24) is 0 Å². The quantitative estimate of drug-likeness (QED) is 0.724. The van der Waals surface area contributed by atoms with Crippen LogP contribution < -0.4 is 0 Å². The van der Waals surface area contributed by atoms with Gasteiger partial charge < -0.3 is 9.94 Å². The number of rotatable bonds is 4. The Bertz CT molecular complexity index is 221. The summed E-state index contributed by atoms with van der Waals surface area (Å²) >= 11 is 0. The van der Waals surface area contributed by atoms with E-state index in [0.717, 1.165) is 18.6 Å². The molecule has 1 atom stereocenters. The number of carboxylic acids is 1. The number of hydrogen-bond donors (Lipinski definition) is 1. The predicted molar refractivity (Wildman–Crippen MR) is 48.6 cm³/mol. The Morgan fingerprint density at radius 3 is 2.69 bits per heavy atom. The van der Waals surface area contributed by atoms with E-state index in [1.807, 2.05) is 0 Å². The molecule has 0 radical (unpaired) electrons. The Morgan fingerprint density at radius 1 is 1.69 bits per heavy atom. The van der Waals surface area contributed by atoms with E-state index < -0.39 is 12.1 Å². The van der Waals surface area contributed by atoms with E-state index in [1.54, 1.807) is 0 Å². The smallest absolute Gasteiger partial charge is 0.348 e. The maximum atomic E-state index is 10.5. The molecule has 0 aliphatic carbocycles. The first-order valence-corrected chi connectivity index (χ1v) is 4.64. The summed E-state index contributed by atoms with van der Waals surface area (Å²) in [4.78, 5) is 15.3. The van der Waals surface area contributed by atoms with E-state index in [-0.39, 0.29) is 0 Å². The van der Waals surface area contributed by atoms with Crippen molar-refractivity contribution in [2.24, 2.45) is 11.1 Å². The third-order valence-corrected chi connectivity index (χ3v) is 2.42. The summed E-state index contributed by atoms with van der Waals surface area (Å²) in [6, 6.07) is 0. The van der Waals surface area contributed by atoms with Crippen LogP contribution in [0.5, 0.6) is 0 Å². The maximum Gasteiger partial charge on any atom is 0.348 e. The van der Waals surface area contributed by atoms with Crippen LogP contribution in [0.3, 0.4) is 0 Å². The number of hydrogen-bond acceptors (Lipinski definition) is 3. The van der Waals surface area contributed by atoms with Crippen molar-refractivity contribution in [3.05, 3.63) is 0 Å². The number of aliphatic carboxylic acids is 1. The molecule has 0 saturated carbocycles. The molecule has 0 saturated heterocycles. The fourth-order valence-corrected chi connectivity index (χ4v) is 1.53. The zero-order valence-corrected chi connectivity index (χ0v) is 7.99. The van der Waals surface area contributed by atoms with Gasteiger partial charge in [0.1, 0.15) is 0 Å². The average Bonchev–Trinajstić information content (AvgIpc) is 2.56. The lowest BCUT2D eigenvalue weighted by Crippen LogP contribution is -2.21.